The van der Waals surface area contributed by atoms with Gasteiger partial charge in [0.05, 0.1) is 6.33 Å². The Balaban J connectivity index is 1.89. The summed E-state index contributed by atoms with van der Waals surface area (Å²) in [5.41, 5.74) is -0.262. The fourth-order valence-corrected chi connectivity index (χ4v) is 2.85. The van der Waals surface area contributed by atoms with E-state index in [2.05, 4.69) is 20.2 Å². The molecule has 3 heterocycles. The van der Waals surface area contributed by atoms with Gasteiger partial charge in [0, 0.05) is 26.2 Å². The highest BCUT2D eigenvalue weighted by atomic mass is 35.5. The number of fused-ring (bicyclic) bond motifs is 1. The Morgan fingerprint density at radius 2 is 2.06 bits per heavy atom. The molecule has 0 unspecified atom stereocenters. The maximum Gasteiger partial charge on any atom is 0.271 e. The van der Waals surface area contributed by atoms with E-state index in [-0.39, 0.29) is 10.6 Å². The number of hydrogen-bond donors (Lipinski definition) is 2. The van der Waals surface area contributed by atoms with Crippen molar-refractivity contribution >= 4 is 17.4 Å². The smallest absolute Gasteiger partial charge is 0.271 e. The molecule has 6 heteroatoms. The zero-order valence-electron chi connectivity index (χ0n) is 8.74. The molecule has 0 aromatic carbocycles. The summed E-state index contributed by atoms with van der Waals surface area (Å²) >= 11 is 5.97. The SMILES string of the molecule is O=c1[nH]cnc(N2C[C@H]3CNC[C@H]3C2)c1Cl. The molecule has 2 aliphatic rings. The van der Waals surface area contributed by atoms with Gasteiger partial charge in [0.25, 0.3) is 5.56 Å². The average Bonchev–Trinajstić information content (AvgIpc) is 2.81. The molecule has 2 aliphatic heterocycles. The van der Waals surface area contributed by atoms with Crippen LogP contribution in [-0.2, 0) is 0 Å². The maximum absolute atomic E-state index is 11.4. The summed E-state index contributed by atoms with van der Waals surface area (Å²) in [6, 6.07) is 0. The zero-order valence-corrected chi connectivity index (χ0v) is 9.50. The average molecular weight is 241 g/mol. The topological polar surface area (TPSA) is 61.0 Å². The number of anilines is 1. The number of hydrogen-bond acceptors (Lipinski definition) is 4. The molecule has 0 radical (unpaired) electrons. The number of nitrogens with one attached hydrogen (secondary N) is 2. The van der Waals surface area contributed by atoms with Gasteiger partial charge in [-0.2, -0.15) is 0 Å². The third-order valence-corrected chi connectivity index (χ3v) is 3.81. The second-order valence-electron chi connectivity index (χ2n) is 4.45. The summed E-state index contributed by atoms with van der Waals surface area (Å²) < 4.78 is 0. The molecule has 16 heavy (non-hydrogen) atoms. The number of rotatable bonds is 1. The van der Waals surface area contributed by atoms with Crippen LogP contribution in [0.25, 0.3) is 0 Å². The number of aromatic amines is 1. The van der Waals surface area contributed by atoms with Gasteiger partial charge in [-0.25, -0.2) is 4.98 Å². The van der Waals surface area contributed by atoms with Crippen LogP contribution in [0.5, 0.6) is 0 Å². The molecule has 5 nitrogen and oxygen atoms in total. The van der Waals surface area contributed by atoms with Crippen molar-refractivity contribution in [2.75, 3.05) is 31.1 Å². The van der Waals surface area contributed by atoms with Crippen LogP contribution in [0.1, 0.15) is 0 Å². The molecule has 0 amide bonds. The minimum atomic E-state index is -0.262. The minimum Gasteiger partial charge on any atom is -0.354 e. The van der Waals surface area contributed by atoms with Crippen molar-refractivity contribution in [1.82, 2.24) is 15.3 Å². The van der Waals surface area contributed by atoms with Crippen molar-refractivity contribution in [1.29, 1.82) is 0 Å². The lowest BCUT2D eigenvalue weighted by Gasteiger charge is -2.18. The first-order valence-corrected chi connectivity index (χ1v) is 5.82. The molecule has 0 saturated carbocycles. The Hall–Kier alpha value is -1.07. The Morgan fingerprint density at radius 3 is 2.75 bits per heavy atom. The lowest BCUT2D eigenvalue weighted by atomic mass is 10.0. The molecule has 2 atom stereocenters. The van der Waals surface area contributed by atoms with E-state index in [9.17, 15) is 4.79 Å². The first-order valence-electron chi connectivity index (χ1n) is 5.44. The first-order chi connectivity index (χ1) is 7.75. The fraction of sp³-hybridized carbons (Fsp3) is 0.600. The van der Waals surface area contributed by atoms with Crippen LogP contribution in [0.15, 0.2) is 11.1 Å². The van der Waals surface area contributed by atoms with Crippen molar-refractivity contribution < 1.29 is 0 Å². The number of nitrogens with zero attached hydrogens (tertiary/aromatic N) is 2. The fourth-order valence-electron chi connectivity index (χ4n) is 2.62. The van der Waals surface area contributed by atoms with Gasteiger partial charge in [0.15, 0.2) is 5.82 Å². The lowest BCUT2D eigenvalue weighted by molar-refractivity contribution is 0.533. The van der Waals surface area contributed by atoms with E-state index in [4.69, 9.17) is 11.6 Å². The summed E-state index contributed by atoms with van der Waals surface area (Å²) in [4.78, 5) is 20.1. The predicted molar refractivity (Wildman–Crippen MR) is 61.9 cm³/mol. The van der Waals surface area contributed by atoms with E-state index in [0.29, 0.717) is 17.7 Å². The van der Waals surface area contributed by atoms with Gasteiger partial charge >= 0.3 is 0 Å². The summed E-state index contributed by atoms with van der Waals surface area (Å²) in [6.07, 6.45) is 1.41. The molecule has 2 saturated heterocycles. The molecule has 2 N–H and O–H groups in total. The van der Waals surface area contributed by atoms with Crippen LogP contribution in [0.4, 0.5) is 5.82 Å². The van der Waals surface area contributed by atoms with E-state index in [0.717, 1.165) is 26.2 Å². The van der Waals surface area contributed by atoms with Gasteiger partial charge in [-0.1, -0.05) is 11.6 Å². The Morgan fingerprint density at radius 1 is 1.38 bits per heavy atom. The quantitative estimate of drug-likeness (QED) is 0.730. The third-order valence-electron chi connectivity index (χ3n) is 3.47. The number of aromatic nitrogens is 2. The van der Waals surface area contributed by atoms with E-state index in [1.54, 1.807) is 0 Å². The third kappa shape index (κ3) is 1.51. The van der Waals surface area contributed by atoms with Crippen molar-refractivity contribution in [2.24, 2.45) is 11.8 Å². The van der Waals surface area contributed by atoms with Crippen molar-refractivity contribution in [3.8, 4) is 0 Å². The summed E-state index contributed by atoms with van der Waals surface area (Å²) in [6.45, 7) is 3.99. The minimum absolute atomic E-state index is 0.204. The highest BCUT2D eigenvalue weighted by Crippen LogP contribution is 2.31. The highest BCUT2D eigenvalue weighted by molar-refractivity contribution is 6.32. The van der Waals surface area contributed by atoms with Crippen LogP contribution in [-0.4, -0.2) is 36.1 Å². The number of halogens is 1. The van der Waals surface area contributed by atoms with Gasteiger partial charge < -0.3 is 15.2 Å². The highest BCUT2D eigenvalue weighted by Gasteiger charge is 2.37. The van der Waals surface area contributed by atoms with Crippen LogP contribution in [0.3, 0.4) is 0 Å². The summed E-state index contributed by atoms with van der Waals surface area (Å²) in [5.74, 6) is 1.95. The van der Waals surface area contributed by atoms with Crippen molar-refractivity contribution in [3.63, 3.8) is 0 Å². The van der Waals surface area contributed by atoms with Crippen LogP contribution < -0.4 is 15.8 Å². The van der Waals surface area contributed by atoms with Crippen LogP contribution >= 0.6 is 11.6 Å². The number of H-pyrrole nitrogens is 1. The largest absolute Gasteiger partial charge is 0.354 e. The molecular weight excluding hydrogens is 228 g/mol. The van der Waals surface area contributed by atoms with Crippen LogP contribution in [0, 0.1) is 11.8 Å². The van der Waals surface area contributed by atoms with Crippen LogP contribution in [0.2, 0.25) is 5.02 Å². The second kappa shape index (κ2) is 3.75. The van der Waals surface area contributed by atoms with Gasteiger partial charge in [0.2, 0.25) is 0 Å². The van der Waals surface area contributed by atoms with E-state index < -0.39 is 0 Å². The molecule has 3 rings (SSSR count). The van der Waals surface area contributed by atoms with Gasteiger partial charge in [-0.3, -0.25) is 4.79 Å². The summed E-state index contributed by atoms with van der Waals surface area (Å²) in [5, 5.41) is 3.58. The molecule has 1 aromatic heterocycles. The Labute approximate surface area is 97.8 Å². The van der Waals surface area contributed by atoms with Gasteiger partial charge in [-0.15, -0.1) is 0 Å². The second-order valence-corrected chi connectivity index (χ2v) is 4.83. The normalized spacial score (nSPS) is 28.4. The van der Waals surface area contributed by atoms with Gasteiger partial charge in [0.1, 0.15) is 5.02 Å². The van der Waals surface area contributed by atoms with E-state index in [1.807, 2.05) is 0 Å². The first kappa shape index (κ1) is 10.1. The molecule has 0 bridgehead atoms. The molecular formula is C10H13ClN4O. The van der Waals surface area contributed by atoms with Crippen molar-refractivity contribution in [3.05, 3.63) is 21.7 Å². The Kier molecular flexibility index (Phi) is 2.37. The maximum atomic E-state index is 11.4. The summed E-state index contributed by atoms with van der Waals surface area (Å²) in [7, 11) is 0. The lowest BCUT2D eigenvalue weighted by Crippen LogP contribution is -2.28. The van der Waals surface area contributed by atoms with E-state index >= 15 is 0 Å². The monoisotopic (exact) mass is 240 g/mol. The van der Waals surface area contributed by atoms with Crippen molar-refractivity contribution in [2.45, 2.75) is 0 Å². The molecule has 86 valence electrons. The Bertz CT molecular complexity index is 448. The molecule has 1 aromatic rings. The molecule has 2 fully saturated rings. The van der Waals surface area contributed by atoms with E-state index in [1.165, 1.54) is 6.33 Å². The molecule has 0 aliphatic carbocycles. The standard InChI is InChI=1S/C10H13ClN4O/c11-8-9(13-5-14-10(8)16)15-3-6-1-12-2-7(6)4-15/h5-7,12H,1-4H2,(H,13,14,16)/t6-,7+. The van der Waals surface area contributed by atoms with Gasteiger partial charge in [-0.05, 0) is 11.8 Å². The molecule has 0 spiro atoms. The predicted octanol–water partition coefficient (Wildman–Crippen LogP) is 0.0789. The zero-order chi connectivity index (χ0) is 11.1.